The topological polar surface area (TPSA) is 81.1 Å². The number of hydrogen-bond acceptors (Lipinski definition) is 5. The van der Waals surface area contributed by atoms with Gasteiger partial charge in [0.15, 0.2) is 9.84 Å². The van der Waals surface area contributed by atoms with Crippen molar-refractivity contribution in [1.29, 1.82) is 0 Å². The van der Waals surface area contributed by atoms with Crippen LogP contribution in [0.4, 0.5) is 5.82 Å². The second kappa shape index (κ2) is 7.91. The van der Waals surface area contributed by atoms with E-state index in [9.17, 15) is 13.2 Å². The van der Waals surface area contributed by atoms with Gasteiger partial charge in [-0.15, -0.1) is 11.8 Å². The van der Waals surface area contributed by atoms with Gasteiger partial charge in [-0.25, -0.2) is 13.1 Å². The Morgan fingerprint density at radius 2 is 1.96 bits per heavy atom. The molecule has 2 heterocycles. The highest BCUT2D eigenvalue weighted by atomic mass is 32.2. The van der Waals surface area contributed by atoms with Crippen LogP contribution in [0.2, 0.25) is 0 Å². The molecular weight excluding hydrogens is 394 g/mol. The fourth-order valence-corrected chi connectivity index (χ4v) is 5.67. The molecule has 6 nitrogen and oxygen atoms in total. The molecule has 1 aliphatic heterocycles. The zero-order valence-electron chi connectivity index (χ0n) is 16.7. The Kier molecular flexibility index (Phi) is 5.91. The molecule has 2 unspecified atom stereocenters. The van der Waals surface area contributed by atoms with E-state index < -0.39 is 9.84 Å². The zero-order valence-corrected chi connectivity index (χ0v) is 18.3. The van der Waals surface area contributed by atoms with Crippen molar-refractivity contribution in [2.45, 2.75) is 55.7 Å². The summed E-state index contributed by atoms with van der Waals surface area (Å²) in [5.74, 6) is 0.666. The summed E-state index contributed by atoms with van der Waals surface area (Å²) in [5, 5.41) is 7.33. The van der Waals surface area contributed by atoms with Crippen molar-refractivity contribution in [2.75, 3.05) is 16.8 Å². The minimum Gasteiger partial charge on any atom is -0.310 e. The van der Waals surface area contributed by atoms with Crippen LogP contribution in [0.15, 0.2) is 41.3 Å². The molecule has 8 heteroatoms. The van der Waals surface area contributed by atoms with Crippen molar-refractivity contribution in [3.8, 4) is 0 Å². The van der Waals surface area contributed by atoms with Gasteiger partial charge in [-0.1, -0.05) is 39.0 Å². The first kappa shape index (κ1) is 20.9. The van der Waals surface area contributed by atoms with Crippen molar-refractivity contribution in [2.24, 2.45) is 0 Å². The van der Waals surface area contributed by atoms with Gasteiger partial charge < -0.3 is 5.32 Å². The van der Waals surface area contributed by atoms with E-state index in [1.807, 2.05) is 64.1 Å². The van der Waals surface area contributed by atoms with Crippen molar-refractivity contribution in [3.05, 3.63) is 42.1 Å². The fraction of sp³-hybridized carbons (Fsp3) is 0.500. The lowest BCUT2D eigenvalue weighted by atomic mass is 9.92. The summed E-state index contributed by atoms with van der Waals surface area (Å²) in [6.45, 7) is 8.00. The van der Waals surface area contributed by atoms with Crippen molar-refractivity contribution in [3.63, 3.8) is 0 Å². The summed E-state index contributed by atoms with van der Waals surface area (Å²) in [5.41, 5.74) is 0.627. The van der Waals surface area contributed by atoms with Crippen molar-refractivity contribution < 1.29 is 13.2 Å². The number of nitrogens with zero attached hydrogens (tertiary/aromatic N) is 2. The van der Waals surface area contributed by atoms with Crippen LogP contribution in [0.5, 0.6) is 0 Å². The highest BCUT2D eigenvalue weighted by Crippen LogP contribution is 2.31. The second-order valence-electron chi connectivity index (χ2n) is 8.23. The molecule has 0 aliphatic carbocycles. The molecule has 0 spiro atoms. The Morgan fingerprint density at radius 3 is 2.54 bits per heavy atom. The number of benzene rings is 1. The number of aromatic nitrogens is 2. The largest absolute Gasteiger partial charge is 0.310 e. The molecule has 28 heavy (non-hydrogen) atoms. The quantitative estimate of drug-likeness (QED) is 0.745. The SMILES string of the molecule is CC(Sc1ccccc1)C(=O)Nc1cc(C(C)(C)C)nn1C1CCS(=O)(=O)C1. The number of thioether (sulfide) groups is 1. The van der Waals surface area contributed by atoms with Gasteiger partial charge in [0.2, 0.25) is 5.91 Å². The van der Waals surface area contributed by atoms with Gasteiger partial charge in [0.05, 0.1) is 28.5 Å². The van der Waals surface area contributed by atoms with E-state index in [-0.39, 0.29) is 34.1 Å². The molecule has 0 radical (unpaired) electrons. The zero-order chi connectivity index (χ0) is 20.5. The maximum Gasteiger partial charge on any atom is 0.238 e. The molecule has 1 aromatic heterocycles. The first-order chi connectivity index (χ1) is 13.0. The van der Waals surface area contributed by atoms with E-state index in [1.54, 1.807) is 4.68 Å². The fourth-order valence-electron chi connectivity index (χ4n) is 3.09. The maximum atomic E-state index is 12.8. The van der Waals surface area contributed by atoms with Gasteiger partial charge in [0.25, 0.3) is 0 Å². The lowest BCUT2D eigenvalue weighted by Crippen LogP contribution is -2.25. The van der Waals surface area contributed by atoms with E-state index in [0.717, 1.165) is 10.6 Å². The predicted octanol–water partition coefficient (Wildman–Crippen LogP) is 3.66. The Morgan fingerprint density at radius 1 is 1.29 bits per heavy atom. The van der Waals surface area contributed by atoms with E-state index in [4.69, 9.17) is 0 Å². The van der Waals surface area contributed by atoms with Gasteiger partial charge in [-0.05, 0) is 25.5 Å². The Hall–Kier alpha value is -1.80. The highest BCUT2D eigenvalue weighted by Gasteiger charge is 2.33. The van der Waals surface area contributed by atoms with Crippen LogP contribution >= 0.6 is 11.8 Å². The van der Waals surface area contributed by atoms with Crippen LogP contribution in [-0.4, -0.2) is 40.9 Å². The van der Waals surface area contributed by atoms with Crippen LogP contribution in [0.1, 0.15) is 45.9 Å². The van der Waals surface area contributed by atoms with E-state index in [1.165, 1.54) is 11.8 Å². The third-order valence-corrected chi connectivity index (χ3v) is 7.60. The van der Waals surface area contributed by atoms with Crippen LogP contribution < -0.4 is 5.32 Å². The van der Waals surface area contributed by atoms with Gasteiger partial charge >= 0.3 is 0 Å². The minimum atomic E-state index is -3.05. The first-order valence-electron chi connectivity index (χ1n) is 9.38. The van der Waals surface area contributed by atoms with Crippen LogP contribution in [0.3, 0.4) is 0 Å². The number of hydrogen-bond donors (Lipinski definition) is 1. The molecule has 1 aromatic carbocycles. The molecular formula is C20H27N3O3S2. The Bertz CT molecular complexity index is 947. The number of nitrogens with one attached hydrogen (secondary N) is 1. The highest BCUT2D eigenvalue weighted by molar-refractivity contribution is 8.00. The summed E-state index contributed by atoms with van der Waals surface area (Å²) in [6.07, 6.45) is 0.519. The summed E-state index contributed by atoms with van der Waals surface area (Å²) < 4.78 is 25.6. The van der Waals surface area contributed by atoms with E-state index in [0.29, 0.717) is 12.2 Å². The molecule has 1 amide bonds. The van der Waals surface area contributed by atoms with Crippen LogP contribution in [0, 0.1) is 0 Å². The Balaban J connectivity index is 1.81. The van der Waals surface area contributed by atoms with Gasteiger partial charge in [0, 0.05) is 16.4 Å². The summed E-state index contributed by atoms with van der Waals surface area (Å²) >= 11 is 1.48. The molecule has 152 valence electrons. The smallest absolute Gasteiger partial charge is 0.238 e. The third-order valence-electron chi connectivity index (χ3n) is 4.73. The number of amides is 1. The summed E-state index contributed by atoms with van der Waals surface area (Å²) in [6, 6.07) is 11.4. The summed E-state index contributed by atoms with van der Waals surface area (Å²) in [7, 11) is -3.05. The van der Waals surface area contributed by atoms with Gasteiger partial charge in [-0.2, -0.15) is 5.10 Å². The van der Waals surface area contributed by atoms with Crippen LogP contribution in [0.25, 0.3) is 0 Å². The van der Waals surface area contributed by atoms with Gasteiger partial charge in [-0.3, -0.25) is 4.79 Å². The number of carbonyl (C=O) groups excluding carboxylic acids is 1. The Labute approximate surface area is 171 Å². The normalized spacial score (nSPS) is 20.1. The molecule has 2 atom stereocenters. The molecule has 0 saturated carbocycles. The second-order valence-corrected chi connectivity index (χ2v) is 11.9. The molecule has 1 aliphatic rings. The van der Waals surface area contributed by atoms with Gasteiger partial charge in [0.1, 0.15) is 5.82 Å². The molecule has 1 saturated heterocycles. The number of carbonyl (C=O) groups is 1. The molecule has 3 rings (SSSR count). The standard InChI is InChI=1S/C20H27N3O3S2/c1-14(27-16-8-6-5-7-9-16)19(24)21-18-12-17(20(2,3)4)22-23(18)15-10-11-28(25,26)13-15/h5-9,12,14-15H,10-11,13H2,1-4H3,(H,21,24). The maximum absolute atomic E-state index is 12.8. The predicted molar refractivity (Wildman–Crippen MR) is 114 cm³/mol. The molecule has 1 N–H and O–H groups in total. The summed E-state index contributed by atoms with van der Waals surface area (Å²) in [4.78, 5) is 13.8. The number of anilines is 1. The van der Waals surface area contributed by atoms with E-state index >= 15 is 0 Å². The number of sulfone groups is 1. The minimum absolute atomic E-state index is 0.0649. The third kappa shape index (κ3) is 4.97. The van der Waals surface area contributed by atoms with Crippen LogP contribution in [-0.2, 0) is 20.0 Å². The van der Waals surface area contributed by atoms with Crippen molar-refractivity contribution >= 4 is 33.3 Å². The first-order valence-corrected chi connectivity index (χ1v) is 12.1. The molecule has 0 bridgehead atoms. The lowest BCUT2D eigenvalue weighted by molar-refractivity contribution is -0.115. The monoisotopic (exact) mass is 421 g/mol. The van der Waals surface area contributed by atoms with E-state index in [2.05, 4.69) is 10.4 Å². The van der Waals surface area contributed by atoms with Crippen molar-refractivity contribution in [1.82, 2.24) is 9.78 Å². The number of rotatable bonds is 5. The average Bonchev–Trinajstić information content (AvgIpc) is 3.18. The average molecular weight is 422 g/mol. The molecule has 2 aromatic rings. The lowest BCUT2D eigenvalue weighted by Gasteiger charge is -2.16. The molecule has 1 fully saturated rings.